The fourth-order valence-corrected chi connectivity index (χ4v) is 0.910. The lowest BCUT2D eigenvalue weighted by Crippen LogP contribution is -1.87. The first-order valence-corrected chi connectivity index (χ1v) is 3.14. The fraction of sp³-hybridized carbons (Fsp3) is 0.714. The second-order valence-corrected chi connectivity index (χ2v) is 2.15. The number of rotatable bonds is 3. The summed E-state index contributed by atoms with van der Waals surface area (Å²) >= 11 is 0. The van der Waals surface area contributed by atoms with E-state index in [0.717, 1.165) is 12.8 Å². The zero-order chi connectivity index (χ0) is 5.98. The van der Waals surface area contributed by atoms with Gasteiger partial charge in [-0.2, -0.15) is 0 Å². The maximum Gasteiger partial charge on any atom is 0.0876 e. The molecule has 0 spiro atoms. The second kappa shape index (κ2) is 2.31. The Labute approximate surface area is 50.3 Å². The molecule has 0 aliphatic carbocycles. The molecule has 2 atom stereocenters. The normalized spacial score (nSPS) is 34.6. The van der Waals surface area contributed by atoms with Crippen molar-refractivity contribution in [2.45, 2.75) is 32.0 Å². The Balaban J connectivity index is 2.07. The number of ether oxygens (including phenoxy) is 1. The number of hydrogen-bond donors (Lipinski definition) is 0. The summed E-state index contributed by atoms with van der Waals surface area (Å²) in [5.41, 5.74) is 0. The van der Waals surface area contributed by atoms with E-state index in [1.54, 1.807) is 0 Å². The van der Waals surface area contributed by atoms with Gasteiger partial charge >= 0.3 is 0 Å². The Bertz CT molecular complexity index is 88.4. The SMILES string of the molecule is C=CCC1OC1CC. The molecule has 1 fully saturated rings. The van der Waals surface area contributed by atoms with Gasteiger partial charge in [-0.05, 0) is 12.8 Å². The predicted octanol–water partition coefficient (Wildman–Crippen LogP) is 1.74. The largest absolute Gasteiger partial charge is 0.369 e. The van der Waals surface area contributed by atoms with Crippen molar-refractivity contribution in [2.75, 3.05) is 0 Å². The van der Waals surface area contributed by atoms with Crippen molar-refractivity contribution in [3.8, 4) is 0 Å². The molecule has 1 heterocycles. The summed E-state index contributed by atoms with van der Waals surface area (Å²) in [5, 5.41) is 0. The minimum absolute atomic E-state index is 0.512. The van der Waals surface area contributed by atoms with Crippen LogP contribution in [0.2, 0.25) is 0 Å². The average Bonchev–Trinajstić information content (AvgIpc) is 2.48. The summed E-state index contributed by atoms with van der Waals surface area (Å²) in [4.78, 5) is 0. The summed E-state index contributed by atoms with van der Waals surface area (Å²) in [6.45, 7) is 5.78. The van der Waals surface area contributed by atoms with E-state index in [9.17, 15) is 0 Å². The Morgan fingerprint density at radius 2 is 2.38 bits per heavy atom. The van der Waals surface area contributed by atoms with Gasteiger partial charge in [0, 0.05) is 0 Å². The van der Waals surface area contributed by atoms with Gasteiger partial charge in [0.2, 0.25) is 0 Å². The maximum absolute atomic E-state index is 5.24. The molecule has 0 amide bonds. The Hall–Kier alpha value is -0.300. The third-order valence-corrected chi connectivity index (χ3v) is 1.49. The van der Waals surface area contributed by atoms with E-state index >= 15 is 0 Å². The van der Waals surface area contributed by atoms with Crippen molar-refractivity contribution in [3.63, 3.8) is 0 Å². The van der Waals surface area contributed by atoms with Gasteiger partial charge in [0.15, 0.2) is 0 Å². The zero-order valence-electron chi connectivity index (χ0n) is 5.26. The molecule has 0 aromatic rings. The number of hydrogen-bond acceptors (Lipinski definition) is 1. The summed E-state index contributed by atoms with van der Waals surface area (Å²) in [5.74, 6) is 0. The van der Waals surface area contributed by atoms with Gasteiger partial charge in [-0.25, -0.2) is 0 Å². The highest BCUT2D eigenvalue weighted by Crippen LogP contribution is 2.27. The maximum atomic E-state index is 5.24. The molecule has 1 nitrogen and oxygen atoms in total. The first kappa shape index (κ1) is 5.83. The average molecular weight is 112 g/mol. The molecule has 8 heavy (non-hydrogen) atoms. The smallest absolute Gasteiger partial charge is 0.0876 e. The molecular formula is C7H12O. The van der Waals surface area contributed by atoms with Crippen molar-refractivity contribution in [1.82, 2.24) is 0 Å². The first-order valence-electron chi connectivity index (χ1n) is 3.14. The highest BCUT2D eigenvalue weighted by atomic mass is 16.6. The fourth-order valence-electron chi connectivity index (χ4n) is 0.910. The van der Waals surface area contributed by atoms with Crippen LogP contribution < -0.4 is 0 Å². The van der Waals surface area contributed by atoms with Crippen LogP contribution >= 0.6 is 0 Å². The molecule has 1 rings (SSSR count). The molecule has 0 aromatic carbocycles. The lowest BCUT2D eigenvalue weighted by atomic mass is 10.2. The summed E-state index contributed by atoms with van der Waals surface area (Å²) < 4.78 is 5.24. The van der Waals surface area contributed by atoms with Gasteiger partial charge in [0.25, 0.3) is 0 Å². The zero-order valence-corrected chi connectivity index (χ0v) is 5.26. The lowest BCUT2D eigenvalue weighted by Gasteiger charge is -1.80. The highest BCUT2D eigenvalue weighted by Gasteiger charge is 2.34. The molecule has 0 aromatic heterocycles. The van der Waals surface area contributed by atoms with Crippen LogP contribution in [0.15, 0.2) is 12.7 Å². The topological polar surface area (TPSA) is 12.5 Å². The monoisotopic (exact) mass is 112 g/mol. The molecule has 0 bridgehead atoms. The van der Waals surface area contributed by atoms with Crippen LogP contribution in [-0.2, 0) is 4.74 Å². The predicted molar refractivity (Wildman–Crippen MR) is 33.8 cm³/mol. The third kappa shape index (κ3) is 1.10. The van der Waals surface area contributed by atoms with Gasteiger partial charge in [-0.3, -0.25) is 0 Å². The van der Waals surface area contributed by atoms with E-state index in [1.165, 1.54) is 0 Å². The number of epoxide rings is 1. The minimum Gasteiger partial charge on any atom is -0.369 e. The van der Waals surface area contributed by atoms with Crippen molar-refractivity contribution in [1.29, 1.82) is 0 Å². The minimum atomic E-state index is 0.512. The third-order valence-electron chi connectivity index (χ3n) is 1.49. The van der Waals surface area contributed by atoms with E-state index < -0.39 is 0 Å². The van der Waals surface area contributed by atoms with E-state index in [1.807, 2.05) is 6.08 Å². The van der Waals surface area contributed by atoms with E-state index in [0.29, 0.717) is 12.2 Å². The van der Waals surface area contributed by atoms with Crippen molar-refractivity contribution >= 4 is 0 Å². The Kier molecular flexibility index (Phi) is 1.69. The van der Waals surface area contributed by atoms with Crippen LogP contribution in [0.5, 0.6) is 0 Å². The first-order chi connectivity index (χ1) is 3.88. The molecular weight excluding hydrogens is 100 g/mol. The molecule has 46 valence electrons. The molecule has 0 N–H and O–H groups in total. The highest BCUT2D eigenvalue weighted by molar-refractivity contribution is 4.88. The van der Waals surface area contributed by atoms with Crippen LogP contribution in [0.3, 0.4) is 0 Å². The van der Waals surface area contributed by atoms with Gasteiger partial charge in [-0.15, -0.1) is 6.58 Å². The quantitative estimate of drug-likeness (QED) is 0.400. The molecule has 1 heteroatoms. The van der Waals surface area contributed by atoms with Crippen molar-refractivity contribution in [2.24, 2.45) is 0 Å². The molecule has 1 saturated heterocycles. The lowest BCUT2D eigenvalue weighted by molar-refractivity contribution is 0.367. The van der Waals surface area contributed by atoms with Gasteiger partial charge in [-0.1, -0.05) is 13.0 Å². The molecule has 1 aliphatic heterocycles. The van der Waals surface area contributed by atoms with Crippen LogP contribution in [0.4, 0.5) is 0 Å². The standard InChI is InChI=1S/C7H12O/c1-3-5-7-6(4-2)8-7/h3,6-7H,1,4-5H2,2H3. The van der Waals surface area contributed by atoms with Crippen LogP contribution in [0.25, 0.3) is 0 Å². The second-order valence-electron chi connectivity index (χ2n) is 2.15. The molecule has 1 aliphatic rings. The van der Waals surface area contributed by atoms with Crippen LogP contribution in [-0.4, -0.2) is 12.2 Å². The van der Waals surface area contributed by atoms with Gasteiger partial charge in [0.1, 0.15) is 0 Å². The Morgan fingerprint density at radius 3 is 2.75 bits per heavy atom. The van der Waals surface area contributed by atoms with E-state index in [4.69, 9.17) is 4.74 Å². The molecule has 2 unspecified atom stereocenters. The Morgan fingerprint density at radius 1 is 1.62 bits per heavy atom. The van der Waals surface area contributed by atoms with Gasteiger partial charge in [0.05, 0.1) is 12.2 Å². The summed E-state index contributed by atoms with van der Waals surface area (Å²) in [7, 11) is 0. The van der Waals surface area contributed by atoms with Crippen LogP contribution in [0.1, 0.15) is 19.8 Å². The molecule has 0 saturated carbocycles. The van der Waals surface area contributed by atoms with Crippen molar-refractivity contribution in [3.05, 3.63) is 12.7 Å². The van der Waals surface area contributed by atoms with Crippen molar-refractivity contribution < 1.29 is 4.74 Å². The van der Waals surface area contributed by atoms with Crippen LogP contribution in [0, 0.1) is 0 Å². The van der Waals surface area contributed by atoms with E-state index in [-0.39, 0.29) is 0 Å². The van der Waals surface area contributed by atoms with E-state index in [2.05, 4.69) is 13.5 Å². The molecule has 0 radical (unpaired) electrons. The summed E-state index contributed by atoms with van der Waals surface area (Å²) in [6, 6.07) is 0. The van der Waals surface area contributed by atoms with Gasteiger partial charge < -0.3 is 4.74 Å². The summed E-state index contributed by atoms with van der Waals surface area (Å²) in [6.07, 6.45) is 5.16.